The Hall–Kier alpha value is -2.26. The minimum absolute atomic E-state index is 0.0415. The fraction of sp³-hybridized carbons (Fsp3) is 0.438. The fourth-order valence-corrected chi connectivity index (χ4v) is 4.41. The normalized spacial score (nSPS) is 26.4. The van der Waals surface area contributed by atoms with E-state index < -0.39 is 23.3 Å². The van der Waals surface area contributed by atoms with Crippen LogP contribution in [0.5, 0.6) is 0 Å². The van der Waals surface area contributed by atoms with Crippen LogP contribution >= 0.6 is 11.8 Å². The Kier molecular flexibility index (Phi) is 4.87. The molecule has 3 atom stereocenters. The largest absolute Gasteiger partial charge is 0.495 e. The van der Waals surface area contributed by atoms with Crippen molar-refractivity contribution in [3.05, 3.63) is 35.3 Å². The minimum Gasteiger partial charge on any atom is -0.495 e. The summed E-state index contributed by atoms with van der Waals surface area (Å²) in [6, 6.07) is -0.807. The molecule has 0 spiro atoms. The molecule has 4 N–H and O–H groups in total. The summed E-state index contributed by atoms with van der Waals surface area (Å²) >= 11 is 1.27. The Bertz CT molecular complexity index is 715. The highest BCUT2D eigenvalue weighted by Gasteiger charge is 2.50. The van der Waals surface area contributed by atoms with Gasteiger partial charge in [-0.15, -0.1) is 11.8 Å². The van der Waals surface area contributed by atoms with Crippen LogP contribution in [0.4, 0.5) is 0 Å². The molecule has 0 aromatic carbocycles. The number of amides is 2. The second kappa shape index (κ2) is 6.93. The predicted octanol–water partition coefficient (Wildman–Crippen LogP) is 0.280. The van der Waals surface area contributed by atoms with Gasteiger partial charge in [0.25, 0.3) is 0 Å². The lowest BCUT2D eigenvalue weighted by Gasteiger charge is -2.45. The van der Waals surface area contributed by atoms with E-state index in [0.717, 1.165) is 12.0 Å². The number of nitrogens with one attached hydrogen (secondary N) is 1. The number of methoxy groups -OCH3 is 1. The lowest BCUT2D eigenvalue weighted by Crippen LogP contribution is -2.58. The summed E-state index contributed by atoms with van der Waals surface area (Å²) in [6.45, 7) is 0. The molecule has 3 aliphatic rings. The van der Waals surface area contributed by atoms with E-state index in [0.29, 0.717) is 6.42 Å². The molecule has 2 aliphatic heterocycles. The molecular formula is C16H19N3O5S. The number of hydrogen-bond acceptors (Lipinski definition) is 6. The van der Waals surface area contributed by atoms with Gasteiger partial charge < -0.3 is 20.9 Å². The van der Waals surface area contributed by atoms with Crippen molar-refractivity contribution < 1.29 is 24.2 Å². The average molecular weight is 365 g/mol. The smallest absolute Gasteiger partial charge is 0.356 e. The summed E-state index contributed by atoms with van der Waals surface area (Å²) in [7, 11) is 1.32. The van der Waals surface area contributed by atoms with Crippen LogP contribution in [0.2, 0.25) is 0 Å². The Morgan fingerprint density at radius 3 is 2.80 bits per heavy atom. The number of ether oxygens (including phenoxy) is 1. The lowest BCUT2D eigenvalue weighted by atomic mass is 9.98. The summed E-state index contributed by atoms with van der Waals surface area (Å²) in [5.74, 6) is -1.90. The molecule has 0 bridgehead atoms. The Morgan fingerprint density at radius 1 is 1.48 bits per heavy atom. The lowest BCUT2D eigenvalue weighted by molar-refractivity contribution is -0.146. The van der Waals surface area contributed by atoms with Crippen LogP contribution in [0.15, 0.2) is 35.3 Å². The Labute approximate surface area is 148 Å². The van der Waals surface area contributed by atoms with Crippen molar-refractivity contribution >= 4 is 29.5 Å². The SMILES string of the molecule is COC1=C(C(=O)O)N2C(=O)C[C@H]2SC1NC(=O)C(N)C1=CCC=CC1. The van der Waals surface area contributed by atoms with Gasteiger partial charge >= 0.3 is 5.97 Å². The van der Waals surface area contributed by atoms with Gasteiger partial charge in [0.2, 0.25) is 11.8 Å². The van der Waals surface area contributed by atoms with Gasteiger partial charge in [-0.05, 0) is 18.4 Å². The average Bonchev–Trinajstić information content (AvgIpc) is 2.60. The third-order valence-corrected chi connectivity index (χ3v) is 5.62. The molecule has 0 radical (unpaired) electrons. The van der Waals surface area contributed by atoms with E-state index in [1.165, 1.54) is 23.8 Å². The second-order valence-electron chi connectivity index (χ2n) is 5.84. The van der Waals surface area contributed by atoms with Gasteiger partial charge in [-0.1, -0.05) is 18.2 Å². The van der Waals surface area contributed by atoms with Crippen molar-refractivity contribution in [3.8, 4) is 0 Å². The van der Waals surface area contributed by atoms with Gasteiger partial charge in [-0.2, -0.15) is 0 Å². The molecule has 8 nitrogen and oxygen atoms in total. The Morgan fingerprint density at radius 2 is 2.24 bits per heavy atom. The topological polar surface area (TPSA) is 122 Å². The molecule has 134 valence electrons. The number of nitrogens with two attached hydrogens (primary N) is 1. The number of carbonyl (C=O) groups excluding carboxylic acids is 2. The van der Waals surface area contributed by atoms with Crippen LogP contribution in [-0.4, -0.2) is 51.7 Å². The molecule has 1 aliphatic carbocycles. The van der Waals surface area contributed by atoms with Gasteiger partial charge in [0.15, 0.2) is 11.5 Å². The highest BCUT2D eigenvalue weighted by atomic mass is 32.2. The molecule has 25 heavy (non-hydrogen) atoms. The summed E-state index contributed by atoms with van der Waals surface area (Å²) < 4.78 is 5.21. The van der Waals surface area contributed by atoms with E-state index in [9.17, 15) is 19.5 Å². The van der Waals surface area contributed by atoms with Crippen molar-refractivity contribution in [2.45, 2.75) is 36.1 Å². The minimum atomic E-state index is -1.26. The summed E-state index contributed by atoms with van der Waals surface area (Å²) in [6.07, 6.45) is 7.45. The van der Waals surface area contributed by atoms with Crippen LogP contribution in [0.25, 0.3) is 0 Å². The third-order valence-electron chi connectivity index (χ3n) is 4.33. The summed E-state index contributed by atoms with van der Waals surface area (Å²) in [5.41, 5.74) is 6.63. The number of carboxylic acid groups (broad SMARTS) is 1. The fourth-order valence-electron chi connectivity index (χ4n) is 3.00. The molecule has 9 heteroatoms. The number of allylic oxidation sites excluding steroid dienone is 3. The highest BCUT2D eigenvalue weighted by Crippen LogP contribution is 2.43. The first-order chi connectivity index (χ1) is 11.9. The van der Waals surface area contributed by atoms with Crippen molar-refractivity contribution in [2.75, 3.05) is 7.11 Å². The van der Waals surface area contributed by atoms with Crippen molar-refractivity contribution in [2.24, 2.45) is 5.73 Å². The number of nitrogens with zero attached hydrogens (tertiary/aromatic N) is 1. The maximum atomic E-state index is 12.5. The van der Waals surface area contributed by atoms with Crippen LogP contribution < -0.4 is 11.1 Å². The molecular weight excluding hydrogens is 346 g/mol. The maximum Gasteiger partial charge on any atom is 0.356 e. The van der Waals surface area contributed by atoms with Gasteiger partial charge in [-0.3, -0.25) is 14.5 Å². The van der Waals surface area contributed by atoms with E-state index in [-0.39, 0.29) is 29.2 Å². The molecule has 2 unspecified atom stereocenters. The van der Waals surface area contributed by atoms with E-state index >= 15 is 0 Å². The van der Waals surface area contributed by atoms with Crippen molar-refractivity contribution in [3.63, 3.8) is 0 Å². The number of thioether (sulfide) groups is 1. The number of hydrogen-bond donors (Lipinski definition) is 3. The van der Waals surface area contributed by atoms with E-state index in [1.807, 2.05) is 18.2 Å². The first kappa shape index (κ1) is 17.6. The van der Waals surface area contributed by atoms with Crippen LogP contribution in [0.3, 0.4) is 0 Å². The third kappa shape index (κ3) is 3.16. The zero-order chi connectivity index (χ0) is 18.1. The van der Waals surface area contributed by atoms with Crippen LogP contribution in [0.1, 0.15) is 19.3 Å². The Balaban J connectivity index is 1.80. The van der Waals surface area contributed by atoms with E-state index in [4.69, 9.17) is 10.5 Å². The number of rotatable bonds is 5. The van der Waals surface area contributed by atoms with Crippen LogP contribution in [0, 0.1) is 0 Å². The first-order valence-electron chi connectivity index (χ1n) is 7.83. The maximum absolute atomic E-state index is 12.5. The summed E-state index contributed by atoms with van der Waals surface area (Å²) in [4.78, 5) is 37.0. The molecule has 2 heterocycles. The van der Waals surface area contributed by atoms with Gasteiger partial charge in [0.1, 0.15) is 11.4 Å². The van der Waals surface area contributed by atoms with Gasteiger partial charge in [0.05, 0.1) is 18.9 Å². The van der Waals surface area contributed by atoms with Gasteiger partial charge in [-0.25, -0.2) is 4.79 Å². The number of fused-ring (bicyclic) bond motifs is 1. The molecule has 1 saturated heterocycles. The quantitative estimate of drug-likeness (QED) is 0.472. The van der Waals surface area contributed by atoms with Crippen LogP contribution in [-0.2, 0) is 19.1 Å². The number of carboxylic acids is 1. The number of aliphatic carboxylic acids is 1. The van der Waals surface area contributed by atoms with Crippen molar-refractivity contribution in [1.82, 2.24) is 10.2 Å². The molecule has 1 fully saturated rings. The zero-order valence-electron chi connectivity index (χ0n) is 13.6. The standard InChI is InChI=1S/C16H19N3O5S/c1-24-13-12(16(22)23)19-9(20)7-10(19)25-15(13)18-14(21)11(17)8-5-3-2-4-6-8/h2-3,6,10-11,15H,4-5,7,17H2,1H3,(H,18,21)(H,22,23)/t10-,11?,15?/m1/s1. The molecule has 0 aromatic rings. The molecule has 2 amide bonds. The number of β-lactam (4-membered cyclic amide) rings is 1. The monoisotopic (exact) mass is 365 g/mol. The molecule has 0 aromatic heterocycles. The van der Waals surface area contributed by atoms with E-state index in [2.05, 4.69) is 5.32 Å². The molecule has 3 rings (SSSR count). The highest BCUT2D eigenvalue weighted by molar-refractivity contribution is 8.00. The number of carbonyl (C=O) groups is 3. The zero-order valence-corrected chi connectivity index (χ0v) is 14.4. The van der Waals surface area contributed by atoms with Crippen molar-refractivity contribution in [1.29, 1.82) is 0 Å². The molecule has 0 saturated carbocycles. The predicted molar refractivity (Wildman–Crippen MR) is 90.9 cm³/mol. The second-order valence-corrected chi connectivity index (χ2v) is 7.13. The van der Waals surface area contributed by atoms with E-state index in [1.54, 1.807) is 0 Å². The summed E-state index contributed by atoms with van der Waals surface area (Å²) in [5, 5.41) is 11.2. The van der Waals surface area contributed by atoms with Gasteiger partial charge in [0, 0.05) is 0 Å². The first-order valence-corrected chi connectivity index (χ1v) is 8.77.